The topological polar surface area (TPSA) is 20.2 Å². The second kappa shape index (κ2) is 8.00. The Kier molecular flexibility index (Phi) is 5.05. The van der Waals surface area contributed by atoms with Crippen molar-refractivity contribution < 1.29 is 5.11 Å². The molecule has 5 aromatic carbocycles. The minimum atomic E-state index is -3.54. The van der Waals surface area contributed by atoms with Gasteiger partial charge in [-0.3, -0.25) is 0 Å². The molecule has 1 nitrogen and oxygen atoms in total. The predicted molar refractivity (Wildman–Crippen MR) is 129 cm³/mol. The van der Waals surface area contributed by atoms with Crippen molar-refractivity contribution in [3.05, 3.63) is 127 Å². The molecule has 0 unspecified atom stereocenters. The molecule has 0 aliphatic rings. The van der Waals surface area contributed by atoms with Crippen LogP contribution in [0.1, 0.15) is 0 Å². The van der Waals surface area contributed by atoms with Gasteiger partial charge >= 0.3 is 182 Å². The quantitative estimate of drug-likeness (QED) is 0.377. The third-order valence-electron chi connectivity index (χ3n) is 5.88. The Morgan fingerprint density at radius 3 is 1.33 bits per heavy atom. The fourth-order valence-corrected chi connectivity index (χ4v) is 18.2. The molecule has 144 valence electrons. The van der Waals surface area contributed by atoms with E-state index in [-0.39, 0.29) is 0 Å². The molecular weight excluding hydrogens is 471 g/mol. The molecule has 0 heterocycles. The molecule has 0 aliphatic carbocycles. The summed E-state index contributed by atoms with van der Waals surface area (Å²) in [6.45, 7) is 0. The number of hydrogen-bond acceptors (Lipinski definition) is 1. The average Bonchev–Trinajstić information content (AvgIpc) is 2.82. The molecule has 5 aromatic rings. The van der Waals surface area contributed by atoms with Crippen molar-refractivity contribution in [1.29, 1.82) is 0 Å². The first-order valence-corrected chi connectivity index (χ1v) is 15.9. The van der Waals surface area contributed by atoms with Gasteiger partial charge in [0, 0.05) is 0 Å². The van der Waals surface area contributed by atoms with Gasteiger partial charge in [0.05, 0.1) is 0 Å². The molecule has 2 heteroatoms. The zero-order chi connectivity index (χ0) is 20.4. The molecule has 1 N–H and O–H groups in total. The standard InChI is InChI=1S/C10H7O.3C6H5.Sn/c11-10-6-5-8-3-1-2-4-9(8)7-10;3*1-2-4-6-5-3-1;/h2-7,11H;3*1-5H;. The van der Waals surface area contributed by atoms with Crippen LogP contribution in [0.3, 0.4) is 0 Å². The summed E-state index contributed by atoms with van der Waals surface area (Å²) in [5.41, 5.74) is 0. The molecule has 0 bridgehead atoms. The Hall–Kier alpha value is -3.04. The summed E-state index contributed by atoms with van der Waals surface area (Å²) in [4.78, 5) is 0. The molecule has 0 saturated heterocycles. The Morgan fingerprint density at radius 1 is 0.400 bits per heavy atom. The molecule has 5 rings (SSSR count). The van der Waals surface area contributed by atoms with E-state index >= 15 is 0 Å². The van der Waals surface area contributed by atoms with E-state index in [1.165, 1.54) is 14.3 Å². The summed E-state index contributed by atoms with van der Waals surface area (Å²) >= 11 is -3.54. The number of fused-ring (bicyclic) bond motifs is 1. The third kappa shape index (κ3) is 3.20. The monoisotopic (exact) mass is 494 g/mol. The van der Waals surface area contributed by atoms with Crippen molar-refractivity contribution in [3.8, 4) is 5.75 Å². The fraction of sp³-hybridized carbons (Fsp3) is 0. The van der Waals surface area contributed by atoms with Crippen LogP contribution in [0.25, 0.3) is 10.8 Å². The van der Waals surface area contributed by atoms with Crippen LogP contribution in [0, 0.1) is 0 Å². The number of phenols is 1. The Balaban J connectivity index is 1.90. The molecule has 0 amide bonds. The van der Waals surface area contributed by atoms with Gasteiger partial charge in [-0.05, 0) is 0 Å². The predicted octanol–water partition coefficient (Wildman–Crippen LogP) is 3.92. The number of benzene rings is 5. The van der Waals surface area contributed by atoms with Crippen molar-refractivity contribution in [3.63, 3.8) is 0 Å². The summed E-state index contributed by atoms with van der Waals surface area (Å²) in [5, 5.41) is 12.1. The SMILES string of the molecule is Oc1ccc2c[c]([Sn]([c]3ccccc3)([c]3ccccc3)[c]3ccccc3)ccc2c1. The minimum absolute atomic E-state index is 0.305. The molecule has 0 aromatic heterocycles. The second-order valence-electron chi connectivity index (χ2n) is 7.59. The van der Waals surface area contributed by atoms with E-state index in [9.17, 15) is 5.11 Å². The maximum atomic E-state index is 9.91. The molecule has 0 radical (unpaired) electrons. The van der Waals surface area contributed by atoms with Gasteiger partial charge in [0.25, 0.3) is 0 Å². The van der Waals surface area contributed by atoms with E-state index in [0.29, 0.717) is 5.75 Å². The number of hydrogen-bond donors (Lipinski definition) is 1. The van der Waals surface area contributed by atoms with E-state index in [2.05, 4.69) is 109 Å². The van der Waals surface area contributed by atoms with E-state index in [1.807, 2.05) is 12.1 Å². The average molecular weight is 493 g/mol. The van der Waals surface area contributed by atoms with Crippen LogP contribution < -0.4 is 14.3 Å². The Labute approximate surface area is 181 Å². The molecule has 0 atom stereocenters. The van der Waals surface area contributed by atoms with Crippen molar-refractivity contribution in [2.45, 2.75) is 0 Å². The van der Waals surface area contributed by atoms with E-state index < -0.39 is 18.4 Å². The molecule has 0 spiro atoms. The summed E-state index contributed by atoms with van der Waals surface area (Å²) in [6.07, 6.45) is 0. The molecule has 30 heavy (non-hydrogen) atoms. The fourth-order valence-electron chi connectivity index (χ4n) is 4.53. The van der Waals surface area contributed by atoms with Crippen molar-refractivity contribution in [1.82, 2.24) is 0 Å². The van der Waals surface area contributed by atoms with Crippen LogP contribution in [0.4, 0.5) is 0 Å². The first-order valence-electron chi connectivity index (χ1n) is 10.2. The zero-order valence-corrected chi connectivity index (χ0v) is 19.4. The molecule has 0 saturated carbocycles. The zero-order valence-electron chi connectivity index (χ0n) is 16.6. The number of aromatic hydroxyl groups is 1. The van der Waals surface area contributed by atoms with E-state index in [1.54, 1.807) is 6.07 Å². The molecule has 0 aliphatic heterocycles. The normalized spacial score (nSPS) is 11.5. The third-order valence-corrected chi connectivity index (χ3v) is 19.5. The van der Waals surface area contributed by atoms with Crippen LogP contribution in [0.5, 0.6) is 5.75 Å². The van der Waals surface area contributed by atoms with Crippen LogP contribution in [-0.2, 0) is 0 Å². The van der Waals surface area contributed by atoms with Crippen molar-refractivity contribution in [2.75, 3.05) is 0 Å². The van der Waals surface area contributed by atoms with Gasteiger partial charge in [-0.1, -0.05) is 0 Å². The summed E-state index contributed by atoms with van der Waals surface area (Å²) < 4.78 is 5.71. The van der Waals surface area contributed by atoms with Crippen LogP contribution in [-0.4, -0.2) is 23.5 Å². The van der Waals surface area contributed by atoms with Gasteiger partial charge in [0.15, 0.2) is 0 Å². The number of rotatable bonds is 4. The van der Waals surface area contributed by atoms with Crippen molar-refractivity contribution >= 4 is 43.5 Å². The van der Waals surface area contributed by atoms with Crippen LogP contribution in [0.15, 0.2) is 127 Å². The number of phenolic OH excluding ortho intramolecular Hbond substituents is 1. The van der Waals surface area contributed by atoms with Gasteiger partial charge in [-0.25, -0.2) is 0 Å². The van der Waals surface area contributed by atoms with E-state index in [4.69, 9.17) is 0 Å². The van der Waals surface area contributed by atoms with Gasteiger partial charge < -0.3 is 0 Å². The molecular formula is C28H22OSn. The first kappa shape index (κ1) is 19.0. The van der Waals surface area contributed by atoms with E-state index in [0.717, 1.165) is 10.8 Å². The van der Waals surface area contributed by atoms with Gasteiger partial charge in [0.2, 0.25) is 0 Å². The summed E-state index contributed by atoms with van der Waals surface area (Å²) in [6, 6.07) is 45.5. The molecule has 0 fully saturated rings. The van der Waals surface area contributed by atoms with Gasteiger partial charge in [-0.2, -0.15) is 0 Å². The Morgan fingerprint density at radius 2 is 0.833 bits per heavy atom. The first-order chi connectivity index (χ1) is 14.8. The second-order valence-corrected chi connectivity index (χ2v) is 18.5. The van der Waals surface area contributed by atoms with Crippen LogP contribution in [0.2, 0.25) is 0 Å². The van der Waals surface area contributed by atoms with Gasteiger partial charge in [-0.15, -0.1) is 0 Å². The summed E-state index contributed by atoms with van der Waals surface area (Å²) in [7, 11) is 0. The van der Waals surface area contributed by atoms with Gasteiger partial charge in [0.1, 0.15) is 0 Å². The summed E-state index contributed by atoms with van der Waals surface area (Å²) in [5.74, 6) is 0.305. The Bertz CT molecular complexity index is 1190. The van der Waals surface area contributed by atoms with Crippen molar-refractivity contribution in [2.24, 2.45) is 0 Å². The van der Waals surface area contributed by atoms with Crippen LogP contribution >= 0.6 is 0 Å². The maximum absolute atomic E-state index is 9.91.